The summed E-state index contributed by atoms with van der Waals surface area (Å²) in [6, 6.07) is 27.9. The molecule has 0 radical (unpaired) electrons. The molecular formula is C22H17N3O. The molecule has 0 aromatic heterocycles. The van der Waals surface area contributed by atoms with Crippen molar-refractivity contribution in [3.05, 3.63) is 101 Å². The standard InChI is InChI=1S/C22H17N3O/c23-14-19-21(15-7-3-1-4-8-15)18-12-11-17(13-20(18)26-22(19)24)25-16-9-5-2-6-10-16/h1-13,21,25H,24H2/t21-/m0/s1. The molecule has 0 aliphatic carbocycles. The van der Waals surface area contributed by atoms with Gasteiger partial charge in [0.25, 0.3) is 0 Å². The van der Waals surface area contributed by atoms with Crippen LogP contribution in [0, 0.1) is 11.3 Å². The molecule has 3 aromatic rings. The van der Waals surface area contributed by atoms with E-state index in [1.165, 1.54) is 0 Å². The largest absolute Gasteiger partial charge is 0.440 e. The maximum absolute atomic E-state index is 9.59. The van der Waals surface area contributed by atoms with Gasteiger partial charge in [-0.25, -0.2) is 0 Å². The van der Waals surface area contributed by atoms with Crippen LogP contribution in [-0.2, 0) is 0 Å². The number of anilines is 2. The van der Waals surface area contributed by atoms with Crippen LogP contribution in [0.4, 0.5) is 11.4 Å². The van der Waals surface area contributed by atoms with E-state index in [1.54, 1.807) is 0 Å². The number of hydrogen-bond acceptors (Lipinski definition) is 4. The zero-order valence-electron chi connectivity index (χ0n) is 14.0. The SMILES string of the molecule is N#CC1=C(N)Oc2cc(Nc3ccccc3)ccc2[C@@H]1c1ccccc1. The average Bonchev–Trinajstić information content (AvgIpc) is 2.68. The third-order valence-corrected chi connectivity index (χ3v) is 4.41. The summed E-state index contributed by atoms with van der Waals surface area (Å²) in [4.78, 5) is 0. The summed E-state index contributed by atoms with van der Waals surface area (Å²) >= 11 is 0. The van der Waals surface area contributed by atoms with E-state index in [0.717, 1.165) is 22.5 Å². The van der Waals surface area contributed by atoms with E-state index in [-0.39, 0.29) is 11.8 Å². The molecule has 4 nitrogen and oxygen atoms in total. The lowest BCUT2D eigenvalue weighted by atomic mass is 9.83. The average molecular weight is 339 g/mol. The molecular weight excluding hydrogens is 322 g/mol. The van der Waals surface area contributed by atoms with Crippen molar-refractivity contribution < 1.29 is 4.74 Å². The van der Waals surface area contributed by atoms with Gasteiger partial charge in [0, 0.05) is 23.0 Å². The highest BCUT2D eigenvalue weighted by Gasteiger charge is 2.30. The zero-order valence-corrected chi connectivity index (χ0v) is 14.0. The number of rotatable bonds is 3. The second-order valence-electron chi connectivity index (χ2n) is 6.08. The second kappa shape index (κ2) is 6.66. The Labute approximate surface area is 152 Å². The maximum Gasteiger partial charge on any atom is 0.205 e. The number of nitrogens with two attached hydrogens (primary N) is 1. The van der Waals surface area contributed by atoms with Crippen molar-refractivity contribution in [1.82, 2.24) is 0 Å². The maximum atomic E-state index is 9.59. The zero-order chi connectivity index (χ0) is 17.9. The van der Waals surface area contributed by atoms with Gasteiger partial charge in [-0.1, -0.05) is 54.6 Å². The Hall–Kier alpha value is -3.71. The molecule has 0 fully saturated rings. The lowest BCUT2D eigenvalue weighted by molar-refractivity contribution is 0.394. The predicted octanol–water partition coefficient (Wildman–Crippen LogP) is 4.65. The molecule has 126 valence electrons. The van der Waals surface area contributed by atoms with Gasteiger partial charge in [0.05, 0.1) is 5.92 Å². The molecule has 1 aliphatic heterocycles. The molecule has 4 rings (SSSR count). The fourth-order valence-corrected chi connectivity index (χ4v) is 3.21. The highest BCUT2D eigenvalue weighted by atomic mass is 16.5. The fraction of sp³-hybridized carbons (Fsp3) is 0.0455. The summed E-state index contributed by atoms with van der Waals surface area (Å²) in [5.74, 6) is 0.595. The number of fused-ring (bicyclic) bond motifs is 1. The third-order valence-electron chi connectivity index (χ3n) is 4.41. The molecule has 1 aliphatic rings. The molecule has 3 aromatic carbocycles. The molecule has 0 unspecified atom stereocenters. The van der Waals surface area contributed by atoms with Gasteiger partial charge in [0.15, 0.2) is 0 Å². The molecule has 0 saturated heterocycles. The molecule has 0 amide bonds. The van der Waals surface area contributed by atoms with E-state index in [0.29, 0.717) is 11.3 Å². The molecule has 0 saturated carbocycles. The van der Waals surface area contributed by atoms with Crippen molar-refractivity contribution in [2.24, 2.45) is 5.73 Å². The number of allylic oxidation sites excluding steroid dienone is 1. The lowest BCUT2D eigenvalue weighted by Crippen LogP contribution is -2.21. The van der Waals surface area contributed by atoms with Crippen LogP contribution in [0.2, 0.25) is 0 Å². The molecule has 1 atom stereocenters. The number of nitrogens with one attached hydrogen (secondary N) is 1. The van der Waals surface area contributed by atoms with E-state index in [4.69, 9.17) is 10.5 Å². The van der Waals surface area contributed by atoms with Crippen LogP contribution in [0.3, 0.4) is 0 Å². The summed E-state index contributed by atoms with van der Waals surface area (Å²) < 4.78 is 5.76. The minimum Gasteiger partial charge on any atom is -0.440 e. The summed E-state index contributed by atoms with van der Waals surface area (Å²) in [5, 5.41) is 12.9. The normalized spacial score (nSPS) is 15.6. The topological polar surface area (TPSA) is 71.1 Å². The number of nitriles is 1. The number of ether oxygens (including phenoxy) is 1. The Morgan fingerprint density at radius 2 is 1.58 bits per heavy atom. The minimum absolute atomic E-state index is 0.158. The number of nitrogens with zero attached hydrogens (tertiary/aromatic N) is 1. The van der Waals surface area contributed by atoms with Gasteiger partial charge in [-0.15, -0.1) is 0 Å². The first-order valence-electron chi connectivity index (χ1n) is 8.35. The van der Waals surface area contributed by atoms with Gasteiger partial charge in [-0.3, -0.25) is 0 Å². The van der Waals surface area contributed by atoms with Crippen LogP contribution in [0.5, 0.6) is 5.75 Å². The summed E-state index contributed by atoms with van der Waals surface area (Å²) in [6.07, 6.45) is 0. The Balaban J connectivity index is 1.76. The van der Waals surface area contributed by atoms with Crippen molar-refractivity contribution in [3.8, 4) is 11.8 Å². The molecule has 26 heavy (non-hydrogen) atoms. The Morgan fingerprint density at radius 1 is 0.885 bits per heavy atom. The van der Waals surface area contributed by atoms with Gasteiger partial charge in [0.1, 0.15) is 17.4 Å². The van der Waals surface area contributed by atoms with E-state index in [2.05, 4.69) is 11.4 Å². The molecule has 4 heteroatoms. The van der Waals surface area contributed by atoms with E-state index < -0.39 is 0 Å². The highest BCUT2D eigenvalue weighted by molar-refractivity contribution is 5.65. The predicted molar refractivity (Wildman–Crippen MR) is 102 cm³/mol. The highest BCUT2D eigenvalue weighted by Crippen LogP contribution is 2.43. The van der Waals surface area contributed by atoms with Crippen molar-refractivity contribution in [3.63, 3.8) is 0 Å². The van der Waals surface area contributed by atoms with Crippen molar-refractivity contribution >= 4 is 11.4 Å². The monoisotopic (exact) mass is 339 g/mol. The number of benzene rings is 3. The second-order valence-corrected chi connectivity index (χ2v) is 6.08. The van der Waals surface area contributed by atoms with E-state index >= 15 is 0 Å². The van der Waals surface area contributed by atoms with Gasteiger partial charge in [-0.05, 0) is 23.8 Å². The molecule has 3 N–H and O–H groups in total. The molecule has 0 spiro atoms. The van der Waals surface area contributed by atoms with Crippen molar-refractivity contribution in [2.75, 3.05) is 5.32 Å². The van der Waals surface area contributed by atoms with Crippen molar-refractivity contribution in [1.29, 1.82) is 5.26 Å². The fourth-order valence-electron chi connectivity index (χ4n) is 3.21. The van der Waals surface area contributed by atoms with Gasteiger partial charge in [-0.2, -0.15) is 5.26 Å². The first kappa shape index (κ1) is 15.8. The van der Waals surface area contributed by atoms with Crippen LogP contribution < -0.4 is 15.8 Å². The third kappa shape index (κ3) is 2.87. The Morgan fingerprint density at radius 3 is 2.27 bits per heavy atom. The van der Waals surface area contributed by atoms with Gasteiger partial charge < -0.3 is 15.8 Å². The van der Waals surface area contributed by atoms with Gasteiger partial charge in [0.2, 0.25) is 5.88 Å². The summed E-state index contributed by atoms with van der Waals surface area (Å²) in [5.41, 5.74) is 10.3. The Bertz CT molecular complexity index is 1000. The van der Waals surface area contributed by atoms with Crippen molar-refractivity contribution in [2.45, 2.75) is 5.92 Å². The van der Waals surface area contributed by atoms with E-state index in [1.807, 2.05) is 78.9 Å². The summed E-state index contributed by atoms with van der Waals surface area (Å²) in [6.45, 7) is 0. The number of hydrogen-bond donors (Lipinski definition) is 2. The molecule has 1 heterocycles. The number of para-hydroxylation sites is 1. The van der Waals surface area contributed by atoms with Crippen LogP contribution in [0.25, 0.3) is 0 Å². The van der Waals surface area contributed by atoms with Crippen LogP contribution in [0.1, 0.15) is 17.0 Å². The lowest BCUT2D eigenvalue weighted by Gasteiger charge is -2.27. The quantitative estimate of drug-likeness (QED) is 0.729. The summed E-state index contributed by atoms with van der Waals surface area (Å²) in [7, 11) is 0. The van der Waals surface area contributed by atoms with Gasteiger partial charge >= 0.3 is 0 Å². The van der Waals surface area contributed by atoms with Crippen LogP contribution in [-0.4, -0.2) is 0 Å². The molecule has 0 bridgehead atoms. The first-order valence-corrected chi connectivity index (χ1v) is 8.35. The minimum atomic E-state index is -0.226. The van der Waals surface area contributed by atoms with Crippen LogP contribution >= 0.6 is 0 Å². The van der Waals surface area contributed by atoms with Crippen LogP contribution in [0.15, 0.2) is 90.3 Å². The first-order chi connectivity index (χ1) is 12.8. The van der Waals surface area contributed by atoms with E-state index in [9.17, 15) is 5.26 Å². The smallest absolute Gasteiger partial charge is 0.205 e. The Kier molecular flexibility index (Phi) is 4.04.